The van der Waals surface area contributed by atoms with Gasteiger partial charge in [-0.05, 0) is 24.7 Å². The fourth-order valence-corrected chi connectivity index (χ4v) is 1.12. The summed E-state index contributed by atoms with van der Waals surface area (Å²) in [6.45, 7) is 0.502. The molecule has 1 aromatic rings. The van der Waals surface area contributed by atoms with Gasteiger partial charge in [-0.2, -0.15) is 0 Å². The first kappa shape index (κ1) is 11.5. The molecule has 1 aromatic carbocycles. The number of nitrogens with one attached hydrogen (secondary N) is 1. The van der Waals surface area contributed by atoms with Crippen LogP contribution in [0.2, 0.25) is 0 Å². The Morgan fingerprint density at radius 2 is 2.27 bits per heavy atom. The Morgan fingerprint density at radius 3 is 2.93 bits per heavy atom. The summed E-state index contributed by atoms with van der Waals surface area (Å²) in [5, 5.41) is 2.73. The van der Waals surface area contributed by atoms with Crippen molar-refractivity contribution in [1.29, 1.82) is 0 Å². The van der Waals surface area contributed by atoms with Crippen molar-refractivity contribution in [1.82, 2.24) is 5.32 Å². The highest BCUT2D eigenvalue weighted by atomic mass is 16.5. The van der Waals surface area contributed by atoms with Crippen LogP contribution in [0.15, 0.2) is 24.3 Å². The van der Waals surface area contributed by atoms with Gasteiger partial charge in [0, 0.05) is 0 Å². The van der Waals surface area contributed by atoms with Gasteiger partial charge in [0.15, 0.2) is 0 Å². The van der Waals surface area contributed by atoms with E-state index >= 15 is 0 Å². The summed E-state index contributed by atoms with van der Waals surface area (Å²) in [5.74, 6) is 0.498. The second kappa shape index (κ2) is 6.03. The molecule has 1 N–H and O–H groups in total. The van der Waals surface area contributed by atoms with Gasteiger partial charge in [0.2, 0.25) is 0 Å². The summed E-state index contributed by atoms with van der Waals surface area (Å²) >= 11 is 0. The minimum atomic E-state index is -0.264. The molecule has 4 nitrogen and oxygen atoms in total. The van der Waals surface area contributed by atoms with Gasteiger partial charge in [-0.1, -0.05) is 12.1 Å². The van der Waals surface area contributed by atoms with Crippen LogP contribution >= 0.6 is 0 Å². The first-order valence-electron chi connectivity index (χ1n) is 4.69. The second-order valence-electron chi connectivity index (χ2n) is 3.04. The number of rotatable bonds is 5. The molecule has 0 saturated heterocycles. The third kappa shape index (κ3) is 3.99. The molecule has 82 valence electrons. The first-order chi connectivity index (χ1) is 7.26. The fourth-order valence-electron chi connectivity index (χ4n) is 1.12. The van der Waals surface area contributed by atoms with Crippen molar-refractivity contribution in [2.75, 3.05) is 20.7 Å². The van der Waals surface area contributed by atoms with Crippen LogP contribution in [-0.4, -0.2) is 26.7 Å². The van der Waals surface area contributed by atoms with Crippen molar-refractivity contribution >= 4 is 5.97 Å². The summed E-state index contributed by atoms with van der Waals surface area (Å²) in [6.07, 6.45) is 0. The van der Waals surface area contributed by atoms with Gasteiger partial charge in [-0.3, -0.25) is 4.79 Å². The topological polar surface area (TPSA) is 47.6 Å². The molecule has 1 rings (SSSR count). The molecule has 0 aliphatic heterocycles. The third-order valence-corrected chi connectivity index (χ3v) is 1.86. The zero-order valence-electron chi connectivity index (χ0n) is 8.95. The van der Waals surface area contributed by atoms with Crippen molar-refractivity contribution in [3.05, 3.63) is 29.8 Å². The van der Waals surface area contributed by atoms with Gasteiger partial charge in [0.25, 0.3) is 0 Å². The molecule has 0 heterocycles. The van der Waals surface area contributed by atoms with Crippen molar-refractivity contribution in [3.63, 3.8) is 0 Å². The van der Waals surface area contributed by atoms with Gasteiger partial charge in [-0.25, -0.2) is 0 Å². The van der Waals surface area contributed by atoms with Crippen LogP contribution in [0, 0.1) is 0 Å². The lowest BCUT2D eigenvalue weighted by Crippen LogP contribution is -2.20. The van der Waals surface area contributed by atoms with Crippen LogP contribution in [0.25, 0.3) is 0 Å². The van der Waals surface area contributed by atoms with Crippen molar-refractivity contribution in [2.24, 2.45) is 0 Å². The molecule has 15 heavy (non-hydrogen) atoms. The second-order valence-corrected chi connectivity index (χ2v) is 3.04. The Morgan fingerprint density at radius 1 is 1.47 bits per heavy atom. The van der Waals surface area contributed by atoms with Crippen molar-refractivity contribution in [3.8, 4) is 5.75 Å². The first-order valence-corrected chi connectivity index (χ1v) is 4.69. The standard InChI is InChI=1S/C11H15NO3/c1-12-7-11(13)15-8-9-4-3-5-10(6-9)14-2/h3-6,12H,7-8H2,1-2H3. The molecule has 0 spiro atoms. The smallest absolute Gasteiger partial charge is 0.320 e. The summed E-state index contributed by atoms with van der Waals surface area (Å²) in [6, 6.07) is 7.43. The molecule has 0 unspecified atom stereocenters. The van der Waals surface area contributed by atoms with Gasteiger partial charge in [0.1, 0.15) is 12.4 Å². The molecule has 0 radical (unpaired) electrons. The molecule has 4 heteroatoms. The van der Waals surface area contributed by atoms with Crippen molar-refractivity contribution in [2.45, 2.75) is 6.61 Å². The van der Waals surface area contributed by atoms with Crippen LogP contribution in [0.1, 0.15) is 5.56 Å². The number of likely N-dealkylation sites (N-methyl/N-ethyl adjacent to an activating group) is 1. The largest absolute Gasteiger partial charge is 0.497 e. The van der Waals surface area contributed by atoms with E-state index in [4.69, 9.17) is 9.47 Å². The van der Waals surface area contributed by atoms with Crippen molar-refractivity contribution < 1.29 is 14.3 Å². The average molecular weight is 209 g/mol. The van der Waals surface area contributed by atoms with E-state index in [9.17, 15) is 4.79 Å². The molecule has 0 fully saturated rings. The lowest BCUT2D eigenvalue weighted by Gasteiger charge is -2.05. The molecule has 0 atom stereocenters. The number of ether oxygens (including phenoxy) is 2. The van der Waals surface area contributed by atoms with E-state index in [1.54, 1.807) is 14.2 Å². The van der Waals surface area contributed by atoms with E-state index in [0.29, 0.717) is 0 Å². The average Bonchev–Trinajstić information content (AvgIpc) is 2.27. The summed E-state index contributed by atoms with van der Waals surface area (Å²) in [4.78, 5) is 11.1. The maximum atomic E-state index is 11.1. The quantitative estimate of drug-likeness (QED) is 0.734. The van der Waals surface area contributed by atoms with Crippen LogP contribution in [0.5, 0.6) is 5.75 Å². The number of esters is 1. The normalized spacial score (nSPS) is 9.73. The highest BCUT2D eigenvalue weighted by Crippen LogP contribution is 2.13. The number of carbonyl (C=O) groups is 1. The Bertz CT molecular complexity index is 325. The fraction of sp³-hybridized carbons (Fsp3) is 0.364. The Hall–Kier alpha value is -1.55. The van der Waals surface area contributed by atoms with E-state index in [-0.39, 0.29) is 19.1 Å². The highest BCUT2D eigenvalue weighted by molar-refractivity contribution is 5.71. The SMILES string of the molecule is CNCC(=O)OCc1cccc(OC)c1. The molecule has 0 aromatic heterocycles. The zero-order valence-corrected chi connectivity index (χ0v) is 8.95. The van der Waals surface area contributed by atoms with Gasteiger partial charge in [-0.15, -0.1) is 0 Å². The number of methoxy groups -OCH3 is 1. The molecule has 0 aliphatic carbocycles. The lowest BCUT2D eigenvalue weighted by molar-refractivity contribution is -0.143. The highest BCUT2D eigenvalue weighted by Gasteiger charge is 2.01. The maximum absolute atomic E-state index is 11.1. The number of hydrogen-bond acceptors (Lipinski definition) is 4. The Kier molecular flexibility index (Phi) is 4.63. The van der Waals surface area contributed by atoms with Crippen LogP contribution < -0.4 is 10.1 Å². The van der Waals surface area contributed by atoms with Gasteiger partial charge >= 0.3 is 5.97 Å². The minimum absolute atomic E-state index is 0.226. The maximum Gasteiger partial charge on any atom is 0.320 e. The van der Waals surface area contributed by atoms with Crippen LogP contribution in [-0.2, 0) is 16.1 Å². The molecular weight excluding hydrogens is 194 g/mol. The minimum Gasteiger partial charge on any atom is -0.497 e. The number of hydrogen-bond donors (Lipinski definition) is 1. The van der Waals surface area contributed by atoms with E-state index < -0.39 is 0 Å². The van der Waals surface area contributed by atoms with Crippen LogP contribution in [0.4, 0.5) is 0 Å². The Labute approximate surface area is 89.2 Å². The monoisotopic (exact) mass is 209 g/mol. The molecule has 0 bridgehead atoms. The summed E-state index contributed by atoms with van der Waals surface area (Å²) in [7, 11) is 3.30. The molecular formula is C11H15NO3. The predicted molar refractivity (Wildman–Crippen MR) is 56.7 cm³/mol. The van der Waals surface area contributed by atoms with E-state index in [0.717, 1.165) is 11.3 Å². The van der Waals surface area contributed by atoms with E-state index in [2.05, 4.69) is 5.32 Å². The Balaban J connectivity index is 2.46. The molecule has 0 amide bonds. The van der Waals surface area contributed by atoms with Gasteiger partial charge < -0.3 is 14.8 Å². The molecule has 0 aliphatic rings. The van der Waals surface area contributed by atoms with E-state index in [1.807, 2.05) is 24.3 Å². The third-order valence-electron chi connectivity index (χ3n) is 1.86. The zero-order chi connectivity index (χ0) is 11.1. The van der Waals surface area contributed by atoms with Gasteiger partial charge in [0.05, 0.1) is 13.7 Å². The van der Waals surface area contributed by atoms with Crippen LogP contribution in [0.3, 0.4) is 0 Å². The number of carbonyl (C=O) groups excluding carboxylic acids is 1. The lowest BCUT2D eigenvalue weighted by atomic mass is 10.2. The predicted octanol–water partition coefficient (Wildman–Crippen LogP) is 0.958. The summed E-state index contributed by atoms with van der Waals surface area (Å²) < 4.78 is 10.1. The summed E-state index contributed by atoms with van der Waals surface area (Å²) in [5.41, 5.74) is 0.916. The molecule has 0 saturated carbocycles. The van der Waals surface area contributed by atoms with E-state index in [1.165, 1.54) is 0 Å². The number of benzene rings is 1.